The second kappa shape index (κ2) is 8.54. The molecule has 2 aromatic carbocycles. The van der Waals surface area contributed by atoms with Gasteiger partial charge in [-0.1, -0.05) is 64.8 Å². The number of thioether (sulfide) groups is 1. The molecule has 0 unspecified atom stereocenters. The van der Waals surface area contributed by atoms with Crippen LogP contribution in [-0.2, 0) is 5.75 Å². The molecule has 26 heavy (non-hydrogen) atoms. The van der Waals surface area contributed by atoms with E-state index in [1.54, 1.807) is 24.3 Å². The maximum absolute atomic E-state index is 12.4. The van der Waals surface area contributed by atoms with Crippen LogP contribution < -0.4 is 4.74 Å². The first-order valence-corrected chi connectivity index (χ1v) is 9.44. The lowest BCUT2D eigenvalue weighted by atomic mass is 10.2. The predicted octanol–water partition coefficient (Wildman–Crippen LogP) is 5.60. The highest BCUT2D eigenvalue weighted by molar-refractivity contribution is 7.98. The van der Waals surface area contributed by atoms with Gasteiger partial charge in [0.2, 0.25) is 0 Å². The third-order valence-corrected chi connectivity index (χ3v) is 4.85. The van der Waals surface area contributed by atoms with E-state index in [0.717, 1.165) is 5.56 Å². The normalized spacial score (nSPS) is 10.6. The van der Waals surface area contributed by atoms with Crippen LogP contribution in [0.2, 0.25) is 10.0 Å². The Bertz CT molecular complexity index is 933. The Morgan fingerprint density at radius 1 is 1.15 bits per heavy atom. The number of benzene rings is 2. The molecule has 0 N–H and O–H groups in total. The zero-order chi connectivity index (χ0) is 18.5. The summed E-state index contributed by atoms with van der Waals surface area (Å²) in [6.07, 6.45) is 1.41. The molecule has 1 heterocycles. The standard InChI is InChI=1S/C19H14Cl2N2O2S/c1-12-3-2-4-13(9-12)11-26-19-22-10-16(21)17(23-19)18(24)25-15-7-5-14(20)6-8-15/h2-10H,11H2,1H3. The number of aromatic nitrogens is 2. The van der Waals surface area contributed by atoms with Crippen molar-refractivity contribution in [3.63, 3.8) is 0 Å². The minimum atomic E-state index is -0.642. The Kier molecular flexibility index (Phi) is 6.14. The Balaban J connectivity index is 1.72. The summed E-state index contributed by atoms with van der Waals surface area (Å²) in [5, 5.41) is 1.16. The molecule has 0 aliphatic rings. The first kappa shape index (κ1) is 18.7. The van der Waals surface area contributed by atoms with E-state index in [0.29, 0.717) is 21.7 Å². The van der Waals surface area contributed by atoms with Crippen molar-refractivity contribution in [2.24, 2.45) is 0 Å². The molecule has 0 aliphatic carbocycles. The highest BCUT2D eigenvalue weighted by atomic mass is 35.5. The van der Waals surface area contributed by atoms with E-state index < -0.39 is 5.97 Å². The van der Waals surface area contributed by atoms with Crippen molar-refractivity contribution in [3.05, 3.63) is 81.6 Å². The molecule has 0 bridgehead atoms. The molecule has 0 aliphatic heterocycles. The van der Waals surface area contributed by atoms with Crippen LogP contribution in [0.15, 0.2) is 59.9 Å². The highest BCUT2D eigenvalue weighted by Crippen LogP contribution is 2.24. The van der Waals surface area contributed by atoms with Crippen molar-refractivity contribution in [2.45, 2.75) is 17.8 Å². The third kappa shape index (κ3) is 4.97. The number of carbonyl (C=O) groups excluding carboxylic acids is 1. The van der Waals surface area contributed by atoms with E-state index in [9.17, 15) is 4.79 Å². The summed E-state index contributed by atoms with van der Waals surface area (Å²) in [7, 11) is 0. The van der Waals surface area contributed by atoms with E-state index in [-0.39, 0.29) is 10.7 Å². The van der Waals surface area contributed by atoms with Crippen molar-refractivity contribution in [3.8, 4) is 5.75 Å². The fourth-order valence-electron chi connectivity index (χ4n) is 2.17. The van der Waals surface area contributed by atoms with Gasteiger partial charge < -0.3 is 4.74 Å². The van der Waals surface area contributed by atoms with E-state index in [1.807, 2.05) is 25.1 Å². The van der Waals surface area contributed by atoms with Gasteiger partial charge in [-0.15, -0.1) is 0 Å². The number of ether oxygens (including phenoxy) is 1. The van der Waals surface area contributed by atoms with Gasteiger partial charge in [-0.3, -0.25) is 0 Å². The largest absolute Gasteiger partial charge is 0.422 e. The van der Waals surface area contributed by atoms with Crippen molar-refractivity contribution in [1.29, 1.82) is 0 Å². The number of nitrogens with zero attached hydrogens (tertiary/aromatic N) is 2. The molecule has 0 amide bonds. The van der Waals surface area contributed by atoms with Crippen LogP contribution in [0.4, 0.5) is 0 Å². The molecular weight excluding hydrogens is 391 g/mol. The van der Waals surface area contributed by atoms with Crippen molar-refractivity contribution >= 4 is 40.9 Å². The quantitative estimate of drug-likeness (QED) is 0.239. The summed E-state index contributed by atoms with van der Waals surface area (Å²) in [4.78, 5) is 20.8. The molecular formula is C19H14Cl2N2O2S. The molecule has 1 aromatic heterocycles. The summed E-state index contributed by atoms with van der Waals surface area (Å²) >= 11 is 13.3. The summed E-state index contributed by atoms with van der Waals surface area (Å²) < 4.78 is 5.29. The zero-order valence-corrected chi connectivity index (χ0v) is 16.1. The van der Waals surface area contributed by atoms with E-state index >= 15 is 0 Å². The number of hydrogen-bond acceptors (Lipinski definition) is 5. The summed E-state index contributed by atoms with van der Waals surface area (Å²) in [6.45, 7) is 2.04. The second-order valence-electron chi connectivity index (χ2n) is 5.47. The molecule has 0 spiro atoms. The molecule has 0 saturated carbocycles. The van der Waals surface area contributed by atoms with E-state index in [1.165, 1.54) is 23.5 Å². The minimum absolute atomic E-state index is 0.0309. The Labute approximate surface area is 165 Å². The average molecular weight is 405 g/mol. The number of aryl methyl sites for hydroxylation is 1. The monoisotopic (exact) mass is 404 g/mol. The lowest BCUT2D eigenvalue weighted by molar-refractivity contribution is 0.0727. The van der Waals surface area contributed by atoms with E-state index in [4.69, 9.17) is 27.9 Å². The smallest absolute Gasteiger partial charge is 0.364 e. The SMILES string of the molecule is Cc1cccc(CSc2ncc(Cl)c(C(=O)Oc3ccc(Cl)cc3)n2)c1. The average Bonchev–Trinajstić information content (AvgIpc) is 2.63. The van der Waals surface area contributed by atoms with Gasteiger partial charge >= 0.3 is 5.97 Å². The van der Waals surface area contributed by atoms with Crippen LogP contribution in [0.5, 0.6) is 5.75 Å². The fourth-order valence-corrected chi connectivity index (χ4v) is 3.22. The molecule has 4 nitrogen and oxygen atoms in total. The first-order chi connectivity index (χ1) is 12.5. The van der Waals surface area contributed by atoms with Gasteiger partial charge in [0.05, 0.1) is 11.2 Å². The lowest BCUT2D eigenvalue weighted by Gasteiger charge is -2.07. The van der Waals surface area contributed by atoms with Gasteiger partial charge in [0.1, 0.15) is 5.75 Å². The molecule has 7 heteroatoms. The van der Waals surface area contributed by atoms with Gasteiger partial charge in [0.15, 0.2) is 10.9 Å². The first-order valence-electron chi connectivity index (χ1n) is 7.70. The van der Waals surface area contributed by atoms with Gasteiger partial charge in [-0.05, 0) is 36.8 Å². The van der Waals surface area contributed by atoms with Crippen LogP contribution >= 0.6 is 35.0 Å². The molecule has 132 valence electrons. The zero-order valence-electron chi connectivity index (χ0n) is 13.8. The topological polar surface area (TPSA) is 52.1 Å². The molecule has 0 radical (unpaired) electrons. The number of esters is 1. The number of carbonyl (C=O) groups is 1. The second-order valence-corrected chi connectivity index (χ2v) is 7.26. The van der Waals surface area contributed by atoms with Gasteiger partial charge in [-0.25, -0.2) is 14.8 Å². The van der Waals surface area contributed by atoms with Crippen LogP contribution in [0.1, 0.15) is 21.6 Å². The minimum Gasteiger partial charge on any atom is -0.422 e. The summed E-state index contributed by atoms with van der Waals surface area (Å²) in [5.41, 5.74) is 2.37. The highest BCUT2D eigenvalue weighted by Gasteiger charge is 2.17. The molecule has 3 aromatic rings. The van der Waals surface area contributed by atoms with E-state index in [2.05, 4.69) is 16.0 Å². The molecule has 0 atom stereocenters. The number of rotatable bonds is 5. The van der Waals surface area contributed by atoms with Gasteiger partial charge in [0.25, 0.3) is 0 Å². The maximum atomic E-state index is 12.4. The molecule has 0 saturated heterocycles. The Hall–Kier alpha value is -2.08. The van der Waals surface area contributed by atoms with Crippen LogP contribution in [0.25, 0.3) is 0 Å². The molecule has 3 rings (SSSR count). The van der Waals surface area contributed by atoms with Crippen LogP contribution in [0, 0.1) is 6.92 Å². The van der Waals surface area contributed by atoms with Crippen LogP contribution in [0.3, 0.4) is 0 Å². The molecule has 0 fully saturated rings. The third-order valence-electron chi connectivity index (χ3n) is 3.39. The number of halogens is 2. The van der Waals surface area contributed by atoms with Crippen LogP contribution in [-0.4, -0.2) is 15.9 Å². The lowest BCUT2D eigenvalue weighted by Crippen LogP contribution is -2.12. The van der Waals surface area contributed by atoms with Crippen molar-refractivity contribution in [2.75, 3.05) is 0 Å². The fraction of sp³-hybridized carbons (Fsp3) is 0.105. The van der Waals surface area contributed by atoms with Crippen molar-refractivity contribution < 1.29 is 9.53 Å². The summed E-state index contributed by atoms with van der Waals surface area (Å²) in [6, 6.07) is 14.6. The maximum Gasteiger partial charge on any atom is 0.364 e. The van der Waals surface area contributed by atoms with Gasteiger partial charge in [0, 0.05) is 10.8 Å². The number of hydrogen-bond donors (Lipinski definition) is 0. The Morgan fingerprint density at radius 2 is 1.92 bits per heavy atom. The van der Waals surface area contributed by atoms with Gasteiger partial charge in [-0.2, -0.15) is 0 Å². The predicted molar refractivity (Wildman–Crippen MR) is 104 cm³/mol. The van der Waals surface area contributed by atoms with Crippen molar-refractivity contribution in [1.82, 2.24) is 9.97 Å². The summed E-state index contributed by atoms with van der Waals surface area (Å²) in [5.74, 6) is 0.412. The Morgan fingerprint density at radius 3 is 2.65 bits per heavy atom.